The molecule has 6 nitrogen and oxygen atoms in total. The molecule has 2 aromatic rings. The van der Waals surface area contributed by atoms with Crippen molar-refractivity contribution in [3.05, 3.63) is 73.8 Å². The molecule has 0 atom stereocenters. The maximum Gasteiger partial charge on any atom is 0.344 e. The van der Waals surface area contributed by atoms with Crippen molar-refractivity contribution in [1.29, 1.82) is 0 Å². The van der Waals surface area contributed by atoms with Crippen LogP contribution in [0, 0.1) is 24.4 Å². The van der Waals surface area contributed by atoms with Crippen LogP contribution in [0.25, 0.3) is 11.1 Å². The van der Waals surface area contributed by atoms with E-state index in [0.29, 0.717) is 11.5 Å². The van der Waals surface area contributed by atoms with Crippen molar-refractivity contribution >= 4 is 11.9 Å². The summed E-state index contributed by atoms with van der Waals surface area (Å²) < 4.78 is 19.2. The quantitative estimate of drug-likeness (QED) is 0.454. The highest BCUT2D eigenvalue weighted by molar-refractivity contribution is 5.82. The summed E-state index contributed by atoms with van der Waals surface area (Å²) in [6, 6.07) is 14.3. The van der Waals surface area contributed by atoms with E-state index in [-0.39, 0.29) is 0 Å². The highest BCUT2D eigenvalue weighted by Gasteiger charge is 2.00. The Hall–Kier alpha value is -4.42. The van der Waals surface area contributed by atoms with Gasteiger partial charge in [-0.2, -0.15) is 0 Å². The third kappa shape index (κ3) is 6.47. The predicted octanol–water partition coefficient (Wildman–Crippen LogP) is 3.41. The van der Waals surface area contributed by atoms with Gasteiger partial charge in [0.25, 0.3) is 0 Å². The molecule has 0 bridgehead atoms. The van der Waals surface area contributed by atoms with Gasteiger partial charge in [0.05, 0.1) is 0 Å². The van der Waals surface area contributed by atoms with Crippen LogP contribution in [0.2, 0.25) is 0 Å². The van der Waals surface area contributed by atoms with E-state index in [0.717, 1.165) is 23.3 Å². The Labute approximate surface area is 162 Å². The summed E-state index contributed by atoms with van der Waals surface area (Å²) in [5.74, 6) is -0.310. The molecule has 0 radical (unpaired) electrons. The SMILES string of the molecule is C=CC(=O)OC#COc1ccc(-c2ccc(OC#COC(=O)C=C)cc2)cc1. The van der Waals surface area contributed by atoms with E-state index in [1.807, 2.05) is 24.3 Å². The highest BCUT2D eigenvalue weighted by Crippen LogP contribution is 2.24. The Morgan fingerprint density at radius 3 is 1.32 bits per heavy atom. The lowest BCUT2D eigenvalue weighted by atomic mass is 10.1. The van der Waals surface area contributed by atoms with Crippen LogP contribution in [0.5, 0.6) is 11.5 Å². The molecule has 138 valence electrons. The van der Waals surface area contributed by atoms with Crippen LogP contribution in [-0.2, 0) is 19.1 Å². The molecule has 28 heavy (non-hydrogen) atoms. The van der Waals surface area contributed by atoms with E-state index in [2.05, 4.69) is 47.1 Å². The van der Waals surface area contributed by atoms with Crippen LogP contribution in [0.15, 0.2) is 73.8 Å². The van der Waals surface area contributed by atoms with Crippen LogP contribution in [0.3, 0.4) is 0 Å². The number of benzene rings is 2. The van der Waals surface area contributed by atoms with Gasteiger partial charge in [-0.15, -0.1) is 0 Å². The average molecular weight is 374 g/mol. The smallest absolute Gasteiger partial charge is 0.344 e. The van der Waals surface area contributed by atoms with E-state index in [1.54, 1.807) is 24.3 Å². The molecule has 0 amide bonds. The van der Waals surface area contributed by atoms with E-state index >= 15 is 0 Å². The number of carbonyl (C=O) groups is 2. The summed E-state index contributed by atoms with van der Waals surface area (Å²) in [5.41, 5.74) is 1.88. The standard InChI is InChI=1S/C22H14O6/c1-3-21(23)27-15-13-25-19-9-5-17(6-10-19)18-7-11-20(12-8-18)26-14-16-28-22(24)4-2/h3-12H,1-2H2. The maximum absolute atomic E-state index is 10.8. The third-order valence-electron chi connectivity index (χ3n) is 3.10. The van der Waals surface area contributed by atoms with Crippen LogP contribution in [-0.4, -0.2) is 11.9 Å². The van der Waals surface area contributed by atoms with Gasteiger partial charge < -0.3 is 18.9 Å². The molecule has 0 aliphatic heterocycles. The van der Waals surface area contributed by atoms with Crippen LogP contribution in [0.1, 0.15) is 0 Å². The molecule has 0 aliphatic carbocycles. The zero-order chi connectivity index (χ0) is 20.2. The second kappa shape index (κ2) is 10.5. The fourth-order valence-electron chi connectivity index (χ4n) is 1.82. The van der Waals surface area contributed by atoms with Gasteiger partial charge in [-0.25, -0.2) is 9.59 Å². The molecule has 0 aromatic heterocycles. The number of hydrogen-bond acceptors (Lipinski definition) is 6. The van der Waals surface area contributed by atoms with E-state index in [1.165, 1.54) is 0 Å². The first-order chi connectivity index (χ1) is 13.6. The number of esters is 2. The monoisotopic (exact) mass is 374 g/mol. The zero-order valence-electron chi connectivity index (χ0n) is 14.6. The lowest BCUT2D eigenvalue weighted by molar-refractivity contribution is -0.132. The summed E-state index contributed by atoms with van der Waals surface area (Å²) in [7, 11) is 0. The van der Waals surface area contributed by atoms with Crippen molar-refractivity contribution in [3.8, 4) is 47.1 Å². The van der Waals surface area contributed by atoms with Crippen molar-refractivity contribution < 1.29 is 28.5 Å². The summed E-state index contributed by atoms with van der Waals surface area (Å²) in [4.78, 5) is 21.6. The van der Waals surface area contributed by atoms with Crippen molar-refractivity contribution in [2.75, 3.05) is 0 Å². The van der Waals surface area contributed by atoms with Crippen molar-refractivity contribution in [2.24, 2.45) is 0 Å². The van der Waals surface area contributed by atoms with Crippen LogP contribution >= 0.6 is 0 Å². The lowest BCUT2D eigenvalue weighted by Crippen LogP contribution is -1.93. The molecule has 0 saturated carbocycles. The summed E-state index contributed by atoms with van der Waals surface area (Å²) in [5, 5.41) is 0. The van der Waals surface area contributed by atoms with Crippen LogP contribution in [0.4, 0.5) is 0 Å². The number of carbonyl (C=O) groups excluding carboxylic acids is 2. The van der Waals surface area contributed by atoms with Gasteiger partial charge in [-0.05, 0) is 35.4 Å². The fraction of sp³-hybridized carbons (Fsp3) is 0. The lowest BCUT2D eigenvalue weighted by Gasteiger charge is -2.04. The predicted molar refractivity (Wildman–Crippen MR) is 101 cm³/mol. The molecule has 2 rings (SSSR count). The molecule has 0 unspecified atom stereocenters. The Balaban J connectivity index is 1.93. The molecule has 0 saturated heterocycles. The fourth-order valence-corrected chi connectivity index (χ4v) is 1.82. The largest absolute Gasteiger partial charge is 0.405 e. The van der Waals surface area contributed by atoms with Gasteiger partial charge >= 0.3 is 11.9 Å². The third-order valence-corrected chi connectivity index (χ3v) is 3.10. The van der Waals surface area contributed by atoms with E-state index in [9.17, 15) is 9.59 Å². The van der Waals surface area contributed by atoms with E-state index < -0.39 is 11.9 Å². The summed E-state index contributed by atoms with van der Waals surface area (Å²) in [6.07, 6.45) is 10.8. The number of ether oxygens (including phenoxy) is 4. The second-order valence-electron chi connectivity index (χ2n) is 4.91. The first-order valence-electron chi connectivity index (χ1n) is 7.83. The summed E-state index contributed by atoms with van der Waals surface area (Å²) >= 11 is 0. The number of rotatable bonds is 5. The highest BCUT2D eigenvalue weighted by atomic mass is 16.5. The van der Waals surface area contributed by atoms with Crippen molar-refractivity contribution in [3.63, 3.8) is 0 Å². The van der Waals surface area contributed by atoms with Gasteiger partial charge in [0, 0.05) is 12.2 Å². The second-order valence-corrected chi connectivity index (χ2v) is 4.91. The minimum absolute atomic E-state index is 0.496. The Kier molecular flexibility index (Phi) is 7.49. The normalized spacial score (nSPS) is 8.71. The molecular weight excluding hydrogens is 360 g/mol. The van der Waals surface area contributed by atoms with Crippen molar-refractivity contribution in [2.45, 2.75) is 0 Å². The molecule has 0 heterocycles. The van der Waals surface area contributed by atoms with Gasteiger partial charge in [0.1, 0.15) is 11.5 Å². The van der Waals surface area contributed by atoms with Crippen molar-refractivity contribution in [1.82, 2.24) is 0 Å². The molecular formula is C22H14O6. The Morgan fingerprint density at radius 2 is 1.00 bits per heavy atom. The average Bonchev–Trinajstić information content (AvgIpc) is 2.74. The molecule has 2 aromatic carbocycles. The minimum atomic E-state index is -0.650. The summed E-state index contributed by atoms with van der Waals surface area (Å²) in [6.45, 7) is 6.50. The zero-order valence-corrected chi connectivity index (χ0v) is 14.6. The van der Waals surface area contributed by atoms with E-state index in [4.69, 9.17) is 9.47 Å². The molecule has 6 heteroatoms. The molecule has 0 aliphatic rings. The van der Waals surface area contributed by atoms with Gasteiger partial charge in [-0.3, -0.25) is 0 Å². The molecule has 0 fully saturated rings. The van der Waals surface area contributed by atoms with Gasteiger partial charge in [0.2, 0.25) is 0 Å². The number of hydrogen-bond donors (Lipinski definition) is 0. The Bertz CT molecular complexity index is 896. The maximum atomic E-state index is 10.8. The first kappa shape index (κ1) is 19.9. The first-order valence-corrected chi connectivity index (χ1v) is 7.83. The van der Waals surface area contributed by atoms with Crippen LogP contribution < -0.4 is 9.47 Å². The molecule has 0 spiro atoms. The topological polar surface area (TPSA) is 71.1 Å². The minimum Gasteiger partial charge on any atom is -0.405 e. The molecule has 0 N–H and O–H groups in total. The van der Waals surface area contributed by atoms with Gasteiger partial charge in [-0.1, -0.05) is 37.4 Å². The van der Waals surface area contributed by atoms with Gasteiger partial charge in [0.15, 0.2) is 24.4 Å². The Morgan fingerprint density at radius 1 is 0.643 bits per heavy atom.